The summed E-state index contributed by atoms with van der Waals surface area (Å²) in [4.78, 5) is 28.8. The van der Waals surface area contributed by atoms with Gasteiger partial charge in [0, 0.05) is 11.6 Å². The number of carbonyl (C=O) groups is 1. The zero-order chi connectivity index (χ0) is 15.7. The van der Waals surface area contributed by atoms with E-state index in [2.05, 4.69) is 10.3 Å². The fourth-order valence-corrected chi connectivity index (χ4v) is 2.86. The number of thiazole rings is 1. The van der Waals surface area contributed by atoms with Gasteiger partial charge in [-0.1, -0.05) is 30.3 Å². The van der Waals surface area contributed by atoms with Gasteiger partial charge < -0.3 is 10.4 Å². The predicted octanol–water partition coefficient (Wildman–Crippen LogP) is 1.95. The van der Waals surface area contributed by atoms with E-state index in [1.807, 2.05) is 30.3 Å². The third-order valence-corrected chi connectivity index (χ3v) is 4.08. The molecule has 2 heterocycles. The second-order valence-corrected chi connectivity index (χ2v) is 5.65. The summed E-state index contributed by atoms with van der Waals surface area (Å²) in [5.74, 6) is -1.20. The van der Waals surface area contributed by atoms with Gasteiger partial charge in [0.25, 0.3) is 11.5 Å². The van der Waals surface area contributed by atoms with Gasteiger partial charge in [-0.3, -0.25) is 14.0 Å². The highest BCUT2D eigenvalue weighted by atomic mass is 32.1. The highest BCUT2D eigenvalue weighted by Gasteiger charge is 2.21. The van der Waals surface area contributed by atoms with Gasteiger partial charge in [-0.25, -0.2) is 0 Å². The Morgan fingerprint density at radius 3 is 2.82 bits per heavy atom. The van der Waals surface area contributed by atoms with E-state index in [9.17, 15) is 14.7 Å². The predicted molar refractivity (Wildman–Crippen MR) is 83.3 cm³/mol. The Balaban J connectivity index is 1.94. The molecule has 0 bridgehead atoms. The largest absolute Gasteiger partial charge is 0.492 e. The molecular formula is C15H13N3O3S. The van der Waals surface area contributed by atoms with Crippen LogP contribution in [0.15, 0.2) is 46.7 Å². The topological polar surface area (TPSA) is 83.7 Å². The van der Waals surface area contributed by atoms with Crippen LogP contribution in [-0.2, 0) is 0 Å². The van der Waals surface area contributed by atoms with E-state index < -0.39 is 17.3 Å². The van der Waals surface area contributed by atoms with Crippen LogP contribution in [0.4, 0.5) is 0 Å². The summed E-state index contributed by atoms with van der Waals surface area (Å²) in [6.07, 6.45) is 1.52. The molecule has 2 N–H and O–H groups in total. The molecule has 7 heteroatoms. The van der Waals surface area contributed by atoms with Crippen LogP contribution in [0.1, 0.15) is 28.9 Å². The van der Waals surface area contributed by atoms with Crippen LogP contribution in [0.3, 0.4) is 0 Å². The minimum atomic E-state index is -0.646. The third kappa shape index (κ3) is 2.46. The first-order valence-electron chi connectivity index (χ1n) is 6.62. The first-order chi connectivity index (χ1) is 10.6. The second kappa shape index (κ2) is 5.61. The summed E-state index contributed by atoms with van der Waals surface area (Å²) < 4.78 is 1.24. The Morgan fingerprint density at radius 1 is 1.36 bits per heavy atom. The van der Waals surface area contributed by atoms with Gasteiger partial charge in [0.15, 0.2) is 10.5 Å². The normalized spacial score (nSPS) is 12.2. The van der Waals surface area contributed by atoms with Crippen LogP contribution in [-0.4, -0.2) is 20.4 Å². The number of nitrogens with zero attached hydrogens (tertiary/aromatic N) is 2. The molecular weight excluding hydrogens is 302 g/mol. The average molecular weight is 315 g/mol. The van der Waals surface area contributed by atoms with Gasteiger partial charge >= 0.3 is 0 Å². The minimum Gasteiger partial charge on any atom is -0.492 e. The molecule has 1 atom stereocenters. The highest BCUT2D eigenvalue weighted by molar-refractivity contribution is 7.15. The SMILES string of the molecule is CC(NC(=O)c1c(O)nc2sccn2c1=O)c1ccccc1. The number of fused-ring (bicyclic) bond motifs is 1. The van der Waals surface area contributed by atoms with Crippen molar-refractivity contribution in [3.8, 4) is 5.88 Å². The molecule has 6 nitrogen and oxygen atoms in total. The van der Waals surface area contributed by atoms with E-state index >= 15 is 0 Å². The number of aromatic nitrogens is 2. The molecule has 112 valence electrons. The van der Waals surface area contributed by atoms with Crippen molar-refractivity contribution in [2.45, 2.75) is 13.0 Å². The molecule has 0 saturated carbocycles. The fourth-order valence-electron chi connectivity index (χ4n) is 2.16. The number of nitrogens with one attached hydrogen (secondary N) is 1. The van der Waals surface area contributed by atoms with Crippen molar-refractivity contribution in [1.82, 2.24) is 14.7 Å². The Morgan fingerprint density at radius 2 is 2.09 bits per heavy atom. The summed E-state index contributed by atoms with van der Waals surface area (Å²) in [7, 11) is 0. The van der Waals surface area contributed by atoms with Crippen LogP contribution in [0.25, 0.3) is 4.96 Å². The van der Waals surface area contributed by atoms with Gasteiger partial charge in [-0.15, -0.1) is 11.3 Å². The lowest BCUT2D eigenvalue weighted by atomic mass is 10.1. The lowest BCUT2D eigenvalue weighted by molar-refractivity contribution is 0.0934. The zero-order valence-electron chi connectivity index (χ0n) is 11.7. The summed E-state index contributed by atoms with van der Waals surface area (Å²) in [5, 5.41) is 14.2. The molecule has 2 aromatic heterocycles. The average Bonchev–Trinajstić information content (AvgIpc) is 2.96. The lowest BCUT2D eigenvalue weighted by Gasteiger charge is -2.14. The molecule has 0 aliphatic heterocycles. The number of amides is 1. The molecule has 3 rings (SSSR count). The number of hydrogen-bond acceptors (Lipinski definition) is 5. The number of aromatic hydroxyl groups is 1. The van der Waals surface area contributed by atoms with Crippen molar-refractivity contribution in [2.75, 3.05) is 0 Å². The molecule has 0 aliphatic rings. The standard InChI is InChI=1S/C15H13N3O3S/c1-9(10-5-3-2-4-6-10)16-12(19)11-13(20)17-15-18(14(11)21)7-8-22-15/h2-9,20H,1H3,(H,16,19). The van der Waals surface area contributed by atoms with Crippen molar-refractivity contribution in [2.24, 2.45) is 0 Å². The van der Waals surface area contributed by atoms with Gasteiger partial charge in [0.2, 0.25) is 5.88 Å². The molecule has 0 aliphatic carbocycles. The number of hydrogen-bond donors (Lipinski definition) is 2. The number of benzene rings is 1. The van der Waals surface area contributed by atoms with E-state index in [1.165, 1.54) is 21.9 Å². The van der Waals surface area contributed by atoms with Gasteiger partial charge in [-0.2, -0.15) is 4.98 Å². The van der Waals surface area contributed by atoms with Crippen LogP contribution in [0.2, 0.25) is 0 Å². The summed E-state index contributed by atoms with van der Waals surface area (Å²) in [6, 6.07) is 9.06. The van der Waals surface area contributed by atoms with Crippen LogP contribution < -0.4 is 10.9 Å². The zero-order valence-corrected chi connectivity index (χ0v) is 12.5. The van der Waals surface area contributed by atoms with Gasteiger partial charge in [0.1, 0.15) is 0 Å². The third-order valence-electron chi connectivity index (χ3n) is 3.32. The van der Waals surface area contributed by atoms with E-state index in [1.54, 1.807) is 12.3 Å². The maximum atomic E-state index is 12.3. The molecule has 3 aromatic rings. The quantitative estimate of drug-likeness (QED) is 0.774. The molecule has 0 radical (unpaired) electrons. The van der Waals surface area contributed by atoms with Crippen LogP contribution >= 0.6 is 11.3 Å². The Hall–Kier alpha value is -2.67. The molecule has 1 unspecified atom stereocenters. The summed E-state index contributed by atoms with van der Waals surface area (Å²) in [5.41, 5.74) is -0.0276. The lowest BCUT2D eigenvalue weighted by Crippen LogP contribution is -2.33. The maximum Gasteiger partial charge on any atom is 0.275 e. The van der Waals surface area contributed by atoms with Crippen molar-refractivity contribution >= 4 is 22.2 Å². The van der Waals surface area contributed by atoms with Gasteiger partial charge in [0.05, 0.1) is 6.04 Å². The molecule has 0 saturated heterocycles. The Labute approximate surface area is 129 Å². The van der Waals surface area contributed by atoms with Crippen molar-refractivity contribution in [3.63, 3.8) is 0 Å². The smallest absolute Gasteiger partial charge is 0.275 e. The number of rotatable bonds is 3. The molecule has 0 fully saturated rings. The van der Waals surface area contributed by atoms with Gasteiger partial charge in [-0.05, 0) is 12.5 Å². The van der Waals surface area contributed by atoms with Crippen molar-refractivity contribution in [1.29, 1.82) is 0 Å². The van der Waals surface area contributed by atoms with Crippen LogP contribution in [0, 0.1) is 0 Å². The van der Waals surface area contributed by atoms with Crippen LogP contribution in [0.5, 0.6) is 5.88 Å². The first-order valence-corrected chi connectivity index (χ1v) is 7.50. The van der Waals surface area contributed by atoms with Crippen molar-refractivity contribution in [3.05, 3.63) is 63.4 Å². The maximum absolute atomic E-state index is 12.3. The van der Waals surface area contributed by atoms with E-state index in [0.29, 0.717) is 4.96 Å². The van der Waals surface area contributed by atoms with E-state index in [0.717, 1.165) is 5.56 Å². The van der Waals surface area contributed by atoms with E-state index in [4.69, 9.17) is 0 Å². The Kier molecular flexibility index (Phi) is 3.64. The van der Waals surface area contributed by atoms with E-state index in [-0.39, 0.29) is 11.6 Å². The second-order valence-electron chi connectivity index (χ2n) is 4.78. The monoisotopic (exact) mass is 315 g/mol. The van der Waals surface area contributed by atoms with Crippen molar-refractivity contribution < 1.29 is 9.90 Å². The molecule has 0 spiro atoms. The minimum absolute atomic E-state index is 0.296. The molecule has 22 heavy (non-hydrogen) atoms. The Bertz CT molecular complexity index is 886. The summed E-state index contributed by atoms with van der Waals surface area (Å²) in [6.45, 7) is 1.80. The first kappa shape index (κ1) is 14.3. The fraction of sp³-hybridized carbons (Fsp3) is 0.133. The molecule has 1 aromatic carbocycles. The number of carbonyl (C=O) groups excluding carboxylic acids is 1. The highest BCUT2D eigenvalue weighted by Crippen LogP contribution is 2.17. The summed E-state index contributed by atoms with van der Waals surface area (Å²) >= 11 is 1.21. The molecule has 1 amide bonds.